The lowest BCUT2D eigenvalue weighted by molar-refractivity contribution is 1.05. The normalized spacial score (nSPS) is 10.2. The van der Waals surface area contributed by atoms with Gasteiger partial charge in [0.2, 0.25) is 0 Å². The standard InChI is InChI=1S/C10H13N5/c1-7-2-8(11)3-13-10(7)14-5-9-4-12-6-15-9/h2-4,6H,5,11H2,1H3,(H,12,15)(H,13,14). The van der Waals surface area contributed by atoms with E-state index in [1.165, 1.54) is 0 Å². The van der Waals surface area contributed by atoms with Crippen LogP contribution in [0.2, 0.25) is 0 Å². The van der Waals surface area contributed by atoms with Crippen LogP contribution in [0.3, 0.4) is 0 Å². The molecular formula is C10H13N5. The van der Waals surface area contributed by atoms with Crippen LogP contribution in [0.1, 0.15) is 11.3 Å². The third kappa shape index (κ3) is 2.25. The van der Waals surface area contributed by atoms with Gasteiger partial charge in [-0.1, -0.05) is 0 Å². The van der Waals surface area contributed by atoms with Gasteiger partial charge >= 0.3 is 0 Å². The Morgan fingerprint density at radius 1 is 1.47 bits per heavy atom. The largest absolute Gasteiger partial charge is 0.397 e. The molecule has 0 fully saturated rings. The first-order valence-corrected chi connectivity index (χ1v) is 4.69. The van der Waals surface area contributed by atoms with E-state index >= 15 is 0 Å². The van der Waals surface area contributed by atoms with E-state index in [0.29, 0.717) is 12.2 Å². The number of nitrogens with one attached hydrogen (secondary N) is 2. The van der Waals surface area contributed by atoms with Crippen LogP contribution in [0.25, 0.3) is 0 Å². The Labute approximate surface area is 87.8 Å². The summed E-state index contributed by atoms with van der Waals surface area (Å²) in [5.41, 5.74) is 8.35. The maximum Gasteiger partial charge on any atom is 0.129 e. The molecule has 0 aliphatic heterocycles. The van der Waals surface area contributed by atoms with Crippen LogP contribution in [0.4, 0.5) is 11.5 Å². The van der Waals surface area contributed by atoms with Crippen molar-refractivity contribution in [2.24, 2.45) is 0 Å². The Morgan fingerprint density at radius 2 is 2.33 bits per heavy atom. The molecule has 4 N–H and O–H groups in total. The molecule has 78 valence electrons. The average molecular weight is 203 g/mol. The summed E-state index contributed by atoms with van der Waals surface area (Å²) >= 11 is 0. The minimum Gasteiger partial charge on any atom is -0.397 e. The van der Waals surface area contributed by atoms with Crippen molar-refractivity contribution >= 4 is 11.5 Å². The average Bonchev–Trinajstić information content (AvgIpc) is 2.69. The number of nitrogens with zero attached hydrogens (tertiary/aromatic N) is 2. The van der Waals surface area contributed by atoms with E-state index in [4.69, 9.17) is 5.73 Å². The van der Waals surface area contributed by atoms with Gasteiger partial charge in [-0.2, -0.15) is 0 Å². The van der Waals surface area contributed by atoms with Crippen molar-refractivity contribution in [3.8, 4) is 0 Å². The highest BCUT2D eigenvalue weighted by Crippen LogP contribution is 2.14. The lowest BCUT2D eigenvalue weighted by atomic mass is 10.2. The predicted octanol–water partition coefficient (Wildman–Crippen LogP) is 1.31. The fraction of sp³-hybridized carbons (Fsp3) is 0.200. The lowest BCUT2D eigenvalue weighted by Gasteiger charge is -2.07. The first-order chi connectivity index (χ1) is 7.25. The molecule has 0 unspecified atom stereocenters. The molecule has 0 bridgehead atoms. The smallest absolute Gasteiger partial charge is 0.129 e. The fourth-order valence-electron chi connectivity index (χ4n) is 1.34. The van der Waals surface area contributed by atoms with Gasteiger partial charge in [0.25, 0.3) is 0 Å². The van der Waals surface area contributed by atoms with Crippen molar-refractivity contribution in [1.29, 1.82) is 0 Å². The van der Waals surface area contributed by atoms with E-state index in [1.807, 2.05) is 13.0 Å². The van der Waals surface area contributed by atoms with Crippen molar-refractivity contribution in [1.82, 2.24) is 15.0 Å². The number of rotatable bonds is 3. The van der Waals surface area contributed by atoms with Crippen molar-refractivity contribution in [2.75, 3.05) is 11.1 Å². The van der Waals surface area contributed by atoms with Crippen LogP contribution in [-0.4, -0.2) is 15.0 Å². The number of hydrogen-bond donors (Lipinski definition) is 3. The van der Waals surface area contributed by atoms with Crippen LogP contribution < -0.4 is 11.1 Å². The minimum absolute atomic E-state index is 0.678. The van der Waals surface area contributed by atoms with Crippen LogP contribution in [-0.2, 0) is 6.54 Å². The van der Waals surface area contributed by atoms with Crippen molar-refractivity contribution in [3.05, 3.63) is 36.0 Å². The molecule has 5 nitrogen and oxygen atoms in total. The first kappa shape index (κ1) is 9.51. The number of aryl methyl sites for hydroxylation is 1. The van der Waals surface area contributed by atoms with Gasteiger partial charge in [-0.05, 0) is 18.6 Å². The number of aromatic amines is 1. The number of aromatic nitrogens is 3. The summed E-state index contributed by atoms with van der Waals surface area (Å²) < 4.78 is 0. The van der Waals surface area contributed by atoms with E-state index in [0.717, 1.165) is 17.1 Å². The molecule has 2 rings (SSSR count). The van der Waals surface area contributed by atoms with Crippen molar-refractivity contribution in [2.45, 2.75) is 13.5 Å². The van der Waals surface area contributed by atoms with Gasteiger partial charge < -0.3 is 16.0 Å². The molecule has 2 aromatic rings. The van der Waals surface area contributed by atoms with Gasteiger partial charge in [-0.3, -0.25) is 0 Å². The quantitative estimate of drug-likeness (QED) is 0.702. The predicted molar refractivity (Wildman–Crippen MR) is 59.3 cm³/mol. The maximum atomic E-state index is 5.61. The van der Waals surface area contributed by atoms with E-state index in [1.54, 1.807) is 18.7 Å². The van der Waals surface area contributed by atoms with E-state index < -0.39 is 0 Å². The highest BCUT2D eigenvalue weighted by Gasteiger charge is 2.00. The van der Waals surface area contributed by atoms with Crippen LogP contribution in [0.5, 0.6) is 0 Å². The van der Waals surface area contributed by atoms with E-state index in [-0.39, 0.29) is 0 Å². The number of anilines is 2. The molecular weight excluding hydrogens is 190 g/mol. The highest BCUT2D eigenvalue weighted by atomic mass is 15.0. The maximum absolute atomic E-state index is 5.61. The second kappa shape index (κ2) is 4.00. The van der Waals surface area contributed by atoms with Gasteiger partial charge in [0, 0.05) is 6.20 Å². The Balaban J connectivity index is 2.05. The zero-order chi connectivity index (χ0) is 10.7. The molecule has 0 saturated heterocycles. The van der Waals surface area contributed by atoms with Gasteiger partial charge in [0.15, 0.2) is 0 Å². The first-order valence-electron chi connectivity index (χ1n) is 4.69. The third-order valence-electron chi connectivity index (χ3n) is 2.10. The fourth-order valence-corrected chi connectivity index (χ4v) is 1.34. The minimum atomic E-state index is 0.678. The molecule has 0 spiro atoms. The zero-order valence-electron chi connectivity index (χ0n) is 8.49. The second-order valence-corrected chi connectivity index (χ2v) is 3.36. The molecule has 0 aromatic carbocycles. The number of imidazole rings is 1. The summed E-state index contributed by atoms with van der Waals surface area (Å²) in [6, 6.07) is 1.89. The molecule has 0 saturated carbocycles. The lowest BCUT2D eigenvalue weighted by Crippen LogP contribution is -2.03. The summed E-state index contributed by atoms with van der Waals surface area (Å²) in [4.78, 5) is 11.2. The SMILES string of the molecule is Cc1cc(N)cnc1NCc1cnc[nH]1. The molecule has 5 heteroatoms. The number of hydrogen-bond acceptors (Lipinski definition) is 4. The molecule has 0 radical (unpaired) electrons. The monoisotopic (exact) mass is 203 g/mol. The molecule has 2 heterocycles. The van der Waals surface area contributed by atoms with E-state index in [2.05, 4.69) is 20.3 Å². The van der Waals surface area contributed by atoms with Crippen LogP contribution >= 0.6 is 0 Å². The van der Waals surface area contributed by atoms with Crippen LogP contribution in [0, 0.1) is 6.92 Å². The summed E-state index contributed by atoms with van der Waals surface area (Å²) in [7, 11) is 0. The molecule has 0 atom stereocenters. The molecule has 0 amide bonds. The summed E-state index contributed by atoms with van der Waals surface area (Å²) in [5.74, 6) is 0.846. The number of pyridine rings is 1. The van der Waals surface area contributed by atoms with E-state index in [9.17, 15) is 0 Å². The molecule has 2 aromatic heterocycles. The van der Waals surface area contributed by atoms with Crippen molar-refractivity contribution < 1.29 is 0 Å². The Morgan fingerprint density at radius 3 is 3.00 bits per heavy atom. The molecule has 15 heavy (non-hydrogen) atoms. The van der Waals surface area contributed by atoms with Crippen molar-refractivity contribution in [3.63, 3.8) is 0 Å². The third-order valence-corrected chi connectivity index (χ3v) is 2.10. The Kier molecular flexibility index (Phi) is 2.53. The second-order valence-electron chi connectivity index (χ2n) is 3.36. The van der Waals surface area contributed by atoms with Gasteiger partial charge in [0.05, 0.1) is 30.5 Å². The number of nitrogen functional groups attached to an aromatic ring is 1. The van der Waals surface area contributed by atoms with Gasteiger partial charge in [-0.25, -0.2) is 9.97 Å². The molecule has 0 aliphatic carbocycles. The van der Waals surface area contributed by atoms with Crippen LogP contribution in [0.15, 0.2) is 24.8 Å². The Bertz CT molecular complexity index is 435. The summed E-state index contributed by atoms with van der Waals surface area (Å²) in [6.45, 7) is 2.65. The number of H-pyrrole nitrogens is 1. The Hall–Kier alpha value is -2.04. The topological polar surface area (TPSA) is 79.6 Å². The van der Waals surface area contributed by atoms with Gasteiger partial charge in [-0.15, -0.1) is 0 Å². The number of nitrogens with two attached hydrogens (primary N) is 1. The molecule has 0 aliphatic rings. The van der Waals surface area contributed by atoms with Gasteiger partial charge in [0.1, 0.15) is 5.82 Å². The highest BCUT2D eigenvalue weighted by molar-refractivity contribution is 5.50. The zero-order valence-corrected chi connectivity index (χ0v) is 8.49. The summed E-state index contributed by atoms with van der Waals surface area (Å²) in [5, 5.41) is 3.20. The summed E-state index contributed by atoms with van der Waals surface area (Å²) in [6.07, 6.45) is 5.07.